The molecular formula is C15H21BrN2O. The van der Waals surface area contributed by atoms with Crippen LogP contribution in [-0.2, 0) is 11.2 Å². The SMILES string of the molecule is CC(C)(C)[C@H](N)C(=O)NC1CCc2c(Br)cccc21. The van der Waals surface area contributed by atoms with Gasteiger partial charge < -0.3 is 11.1 Å². The molecule has 1 aromatic carbocycles. The molecule has 1 amide bonds. The summed E-state index contributed by atoms with van der Waals surface area (Å²) < 4.78 is 1.13. The predicted molar refractivity (Wildman–Crippen MR) is 80.8 cm³/mol. The van der Waals surface area contributed by atoms with Crippen LogP contribution < -0.4 is 11.1 Å². The van der Waals surface area contributed by atoms with Crippen LogP contribution in [0.25, 0.3) is 0 Å². The molecule has 0 radical (unpaired) electrons. The average Bonchev–Trinajstić information content (AvgIpc) is 2.72. The second-order valence-corrected chi connectivity index (χ2v) is 7.11. The van der Waals surface area contributed by atoms with Gasteiger partial charge in [-0.25, -0.2) is 0 Å². The molecule has 0 spiro atoms. The minimum absolute atomic E-state index is 0.0645. The number of carbonyl (C=O) groups is 1. The van der Waals surface area contributed by atoms with Crippen molar-refractivity contribution in [1.29, 1.82) is 0 Å². The second kappa shape index (κ2) is 5.25. The third-order valence-corrected chi connectivity index (χ3v) is 4.49. The van der Waals surface area contributed by atoms with Gasteiger partial charge >= 0.3 is 0 Å². The summed E-state index contributed by atoms with van der Waals surface area (Å²) in [7, 11) is 0. The van der Waals surface area contributed by atoms with Crippen LogP contribution in [0.4, 0.5) is 0 Å². The highest BCUT2D eigenvalue weighted by Gasteiger charge is 2.31. The third-order valence-electron chi connectivity index (χ3n) is 3.75. The molecule has 1 unspecified atom stereocenters. The van der Waals surface area contributed by atoms with E-state index >= 15 is 0 Å². The summed E-state index contributed by atoms with van der Waals surface area (Å²) >= 11 is 3.56. The fourth-order valence-electron chi connectivity index (χ4n) is 2.41. The van der Waals surface area contributed by atoms with E-state index in [2.05, 4.69) is 27.3 Å². The van der Waals surface area contributed by atoms with Crippen LogP contribution in [0.1, 0.15) is 44.4 Å². The monoisotopic (exact) mass is 324 g/mol. The Bertz CT molecular complexity index is 493. The van der Waals surface area contributed by atoms with Crippen molar-refractivity contribution in [2.24, 2.45) is 11.1 Å². The first-order chi connectivity index (χ1) is 8.80. The van der Waals surface area contributed by atoms with Gasteiger partial charge in [-0.2, -0.15) is 0 Å². The van der Waals surface area contributed by atoms with Crippen LogP contribution >= 0.6 is 15.9 Å². The van der Waals surface area contributed by atoms with Crippen molar-refractivity contribution in [2.45, 2.75) is 45.7 Å². The van der Waals surface area contributed by atoms with Crippen LogP contribution in [0.2, 0.25) is 0 Å². The highest BCUT2D eigenvalue weighted by molar-refractivity contribution is 9.10. The third kappa shape index (κ3) is 3.00. The largest absolute Gasteiger partial charge is 0.348 e. The summed E-state index contributed by atoms with van der Waals surface area (Å²) in [6.45, 7) is 5.95. The highest BCUT2D eigenvalue weighted by Crippen LogP contribution is 2.35. The summed E-state index contributed by atoms with van der Waals surface area (Å²) in [5.74, 6) is -0.0645. The van der Waals surface area contributed by atoms with Gasteiger partial charge in [-0.05, 0) is 35.4 Å². The van der Waals surface area contributed by atoms with Crippen molar-refractivity contribution in [3.05, 3.63) is 33.8 Å². The Labute approximate surface area is 123 Å². The van der Waals surface area contributed by atoms with Crippen LogP contribution in [0.15, 0.2) is 22.7 Å². The zero-order chi connectivity index (χ0) is 14.2. The van der Waals surface area contributed by atoms with E-state index in [0.717, 1.165) is 17.3 Å². The van der Waals surface area contributed by atoms with Crippen LogP contribution in [0, 0.1) is 5.41 Å². The zero-order valence-corrected chi connectivity index (χ0v) is 13.3. The smallest absolute Gasteiger partial charge is 0.237 e. The fourth-order valence-corrected chi connectivity index (χ4v) is 2.99. The molecule has 0 bridgehead atoms. The standard InChI is InChI=1S/C15H21BrN2O/c1-15(2,3)13(17)14(19)18-12-8-7-9-10(12)5-4-6-11(9)16/h4-6,12-13H,7-8,17H2,1-3H3,(H,18,19)/t12?,13-/m1/s1. The Kier molecular flexibility index (Phi) is 4.02. The summed E-state index contributed by atoms with van der Waals surface area (Å²) in [5, 5.41) is 3.08. The van der Waals surface area contributed by atoms with Crippen LogP contribution in [0.5, 0.6) is 0 Å². The van der Waals surface area contributed by atoms with Gasteiger partial charge in [0.05, 0.1) is 12.1 Å². The molecule has 0 saturated heterocycles. The number of fused-ring (bicyclic) bond motifs is 1. The Morgan fingerprint density at radius 1 is 1.47 bits per heavy atom. The van der Waals surface area contributed by atoms with E-state index in [1.807, 2.05) is 32.9 Å². The van der Waals surface area contributed by atoms with E-state index in [1.165, 1.54) is 11.1 Å². The molecule has 3 nitrogen and oxygen atoms in total. The number of halogens is 1. The summed E-state index contributed by atoms with van der Waals surface area (Å²) in [5.41, 5.74) is 8.30. The van der Waals surface area contributed by atoms with Gasteiger partial charge in [-0.1, -0.05) is 48.8 Å². The van der Waals surface area contributed by atoms with E-state index in [4.69, 9.17) is 5.73 Å². The van der Waals surface area contributed by atoms with Crippen molar-refractivity contribution in [3.8, 4) is 0 Å². The number of rotatable bonds is 2. The first-order valence-corrected chi connectivity index (χ1v) is 7.43. The van der Waals surface area contributed by atoms with Gasteiger partial charge in [0.2, 0.25) is 5.91 Å². The van der Waals surface area contributed by atoms with E-state index in [9.17, 15) is 4.79 Å². The number of hydrogen-bond acceptors (Lipinski definition) is 2. The molecule has 2 atom stereocenters. The molecule has 1 aliphatic rings. The maximum atomic E-state index is 12.2. The fraction of sp³-hybridized carbons (Fsp3) is 0.533. The minimum atomic E-state index is -0.483. The van der Waals surface area contributed by atoms with E-state index < -0.39 is 6.04 Å². The molecule has 4 heteroatoms. The average molecular weight is 325 g/mol. The van der Waals surface area contributed by atoms with Gasteiger partial charge in [0.15, 0.2) is 0 Å². The summed E-state index contributed by atoms with van der Waals surface area (Å²) in [6.07, 6.45) is 1.94. The Morgan fingerprint density at radius 3 is 2.79 bits per heavy atom. The molecule has 0 saturated carbocycles. The quantitative estimate of drug-likeness (QED) is 0.878. The lowest BCUT2D eigenvalue weighted by molar-refractivity contribution is -0.125. The minimum Gasteiger partial charge on any atom is -0.348 e. The van der Waals surface area contributed by atoms with Gasteiger partial charge in [0.1, 0.15) is 0 Å². The maximum absolute atomic E-state index is 12.2. The van der Waals surface area contributed by atoms with Gasteiger partial charge in [-0.15, -0.1) is 0 Å². The van der Waals surface area contributed by atoms with Crippen molar-refractivity contribution in [2.75, 3.05) is 0 Å². The van der Waals surface area contributed by atoms with Crippen LogP contribution in [0.3, 0.4) is 0 Å². The molecule has 0 aliphatic heterocycles. The first kappa shape index (κ1) is 14.5. The van der Waals surface area contributed by atoms with E-state index in [0.29, 0.717) is 0 Å². The molecule has 1 aliphatic carbocycles. The number of nitrogens with two attached hydrogens (primary N) is 1. The molecule has 1 aromatic rings. The topological polar surface area (TPSA) is 55.1 Å². The molecule has 19 heavy (non-hydrogen) atoms. The maximum Gasteiger partial charge on any atom is 0.237 e. The van der Waals surface area contributed by atoms with Crippen LogP contribution in [-0.4, -0.2) is 11.9 Å². The van der Waals surface area contributed by atoms with Crippen molar-refractivity contribution in [1.82, 2.24) is 5.32 Å². The first-order valence-electron chi connectivity index (χ1n) is 6.64. The molecule has 3 N–H and O–H groups in total. The number of amides is 1. The second-order valence-electron chi connectivity index (χ2n) is 6.25. The number of benzene rings is 1. The van der Waals surface area contributed by atoms with Gasteiger partial charge in [-0.3, -0.25) is 4.79 Å². The van der Waals surface area contributed by atoms with Crippen molar-refractivity contribution < 1.29 is 4.79 Å². The Balaban J connectivity index is 2.12. The normalized spacial score (nSPS) is 19.9. The lowest BCUT2D eigenvalue weighted by Crippen LogP contribution is -2.49. The predicted octanol–water partition coefficient (Wildman–Crippen LogP) is 2.93. The number of carbonyl (C=O) groups excluding carboxylic acids is 1. The van der Waals surface area contributed by atoms with E-state index in [-0.39, 0.29) is 17.4 Å². The summed E-state index contributed by atoms with van der Waals surface area (Å²) in [6, 6.07) is 5.75. The molecule has 0 fully saturated rings. The Hall–Kier alpha value is -0.870. The van der Waals surface area contributed by atoms with Crippen molar-refractivity contribution >= 4 is 21.8 Å². The number of hydrogen-bond donors (Lipinski definition) is 2. The lowest BCUT2D eigenvalue weighted by Gasteiger charge is -2.27. The molecule has 2 rings (SSSR count). The van der Waals surface area contributed by atoms with E-state index in [1.54, 1.807) is 0 Å². The number of nitrogens with one attached hydrogen (secondary N) is 1. The molecule has 104 valence electrons. The molecular weight excluding hydrogens is 304 g/mol. The molecule has 0 heterocycles. The Morgan fingerprint density at radius 2 is 2.16 bits per heavy atom. The highest BCUT2D eigenvalue weighted by atomic mass is 79.9. The van der Waals surface area contributed by atoms with Crippen molar-refractivity contribution in [3.63, 3.8) is 0 Å². The summed E-state index contributed by atoms with van der Waals surface area (Å²) in [4.78, 5) is 12.2. The zero-order valence-electron chi connectivity index (χ0n) is 11.7. The molecule has 0 aromatic heterocycles. The lowest BCUT2D eigenvalue weighted by atomic mass is 9.86. The van der Waals surface area contributed by atoms with Gasteiger partial charge in [0.25, 0.3) is 0 Å². The van der Waals surface area contributed by atoms with Gasteiger partial charge in [0, 0.05) is 4.47 Å².